The van der Waals surface area contributed by atoms with Crippen molar-refractivity contribution < 1.29 is 17.5 Å². The fourth-order valence-corrected chi connectivity index (χ4v) is 3.96. The number of likely N-dealkylation sites (N-methyl/N-ethyl adjacent to an activating group) is 1. The quantitative estimate of drug-likeness (QED) is 0.760. The van der Waals surface area contributed by atoms with Crippen molar-refractivity contribution in [1.82, 2.24) is 10.0 Å². The smallest absolute Gasteiger partial charge is 0.211 e. The maximum atomic E-state index is 14.5. The summed E-state index contributed by atoms with van der Waals surface area (Å²) in [6, 6.07) is 13.3. The van der Waals surface area contributed by atoms with Crippen molar-refractivity contribution in [1.29, 1.82) is 0 Å². The molecule has 0 amide bonds. The molecule has 0 fully saturated rings. The van der Waals surface area contributed by atoms with E-state index in [1.165, 1.54) is 11.6 Å². The lowest BCUT2D eigenvalue weighted by molar-refractivity contribution is 0.217. The van der Waals surface area contributed by atoms with Crippen LogP contribution in [-0.2, 0) is 23.0 Å². The molecule has 1 aliphatic heterocycles. The number of sulfonamides is 1. The van der Waals surface area contributed by atoms with Crippen LogP contribution in [0.15, 0.2) is 42.5 Å². The standard InChI is InChI=1S/C20H25FN2O3S/c1-3-27(24,25)23-12-15-10-17-16(9-14-7-5-4-6-8-14)19(22-2)13-26-20(17)11-18(15)21/h4-8,10-11,16,19,22-23H,3,9,12-13H2,1-2H3/t16-,19+/m0/s1. The minimum atomic E-state index is -3.39. The average Bonchev–Trinajstić information content (AvgIpc) is 2.67. The lowest BCUT2D eigenvalue weighted by Crippen LogP contribution is -2.41. The summed E-state index contributed by atoms with van der Waals surface area (Å²) in [6.45, 7) is 1.94. The van der Waals surface area contributed by atoms with Crippen LogP contribution in [0.25, 0.3) is 0 Å². The molecule has 3 rings (SSSR count). The molecule has 2 aromatic carbocycles. The highest BCUT2D eigenvalue weighted by molar-refractivity contribution is 7.89. The van der Waals surface area contributed by atoms with Gasteiger partial charge in [0.15, 0.2) is 0 Å². The van der Waals surface area contributed by atoms with Gasteiger partial charge in [-0.1, -0.05) is 30.3 Å². The zero-order valence-corrected chi connectivity index (χ0v) is 16.4. The molecule has 1 heterocycles. The zero-order valence-electron chi connectivity index (χ0n) is 15.5. The Bertz CT molecular complexity index is 888. The predicted octanol–water partition coefficient (Wildman–Crippen LogP) is 2.57. The van der Waals surface area contributed by atoms with Gasteiger partial charge < -0.3 is 10.1 Å². The zero-order chi connectivity index (χ0) is 19.4. The summed E-state index contributed by atoms with van der Waals surface area (Å²) in [5.74, 6) is 0.125. The van der Waals surface area contributed by atoms with E-state index in [-0.39, 0.29) is 24.3 Å². The molecule has 0 unspecified atom stereocenters. The van der Waals surface area contributed by atoms with Crippen LogP contribution in [-0.4, -0.2) is 33.9 Å². The van der Waals surface area contributed by atoms with Crippen LogP contribution in [0.1, 0.15) is 29.5 Å². The molecule has 2 aromatic rings. The molecule has 0 aromatic heterocycles. The number of ether oxygens (including phenoxy) is 1. The minimum Gasteiger partial charge on any atom is -0.492 e. The Labute approximate surface area is 160 Å². The van der Waals surface area contributed by atoms with Gasteiger partial charge in [0.2, 0.25) is 10.0 Å². The lowest BCUT2D eigenvalue weighted by Gasteiger charge is -2.34. The molecule has 0 aliphatic carbocycles. The molecule has 146 valence electrons. The van der Waals surface area contributed by atoms with E-state index in [1.54, 1.807) is 13.0 Å². The molecule has 7 heteroatoms. The third-order valence-electron chi connectivity index (χ3n) is 5.01. The van der Waals surface area contributed by atoms with Crippen LogP contribution in [0.5, 0.6) is 5.75 Å². The molecule has 5 nitrogen and oxygen atoms in total. The largest absolute Gasteiger partial charge is 0.492 e. The van der Waals surface area contributed by atoms with E-state index in [2.05, 4.69) is 22.2 Å². The highest BCUT2D eigenvalue weighted by Gasteiger charge is 2.31. The van der Waals surface area contributed by atoms with Crippen molar-refractivity contribution in [3.05, 3.63) is 65.0 Å². The highest BCUT2D eigenvalue weighted by atomic mass is 32.2. The highest BCUT2D eigenvalue weighted by Crippen LogP contribution is 2.37. The molecule has 0 saturated heterocycles. The van der Waals surface area contributed by atoms with Crippen molar-refractivity contribution in [2.75, 3.05) is 19.4 Å². The molecular weight excluding hydrogens is 367 g/mol. The van der Waals surface area contributed by atoms with Gasteiger partial charge in [-0.2, -0.15) is 0 Å². The first-order chi connectivity index (χ1) is 12.9. The Hall–Kier alpha value is -1.96. The van der Waals surface area contributed by atoms with Crippen molar-refractivity contribution in [2.45, 2.75) is 31.8 Å². The number of benzene rings is 2. The Morgan fingerprint density at radius 2 is 1.96 bits per heavy atom. The van der Waals surface area contributed by atoms with E-state index in [4.69, 9.17) is 4.74 Å². The third-order valence-corrected chi connectivity index (χ3v) is 6.36. The van der Waals surface area contributed by atoms with Gasteiger partial charge in [-0.3, -0.25) is 0 Å². The fourth-order valence-electron chi connectivity index (χ4n) is 3.38. The van der Waals surface area contributed by atoms with Gasteiger partial charge in [-0.15, -0.1) is 0 Å². The van der Waals surface area contributed by atoms with Crippen molar-refractivity contribution in [3.63, 3.8) is 0 Å². The Balaban J connectivity index is 1.93. The average molecular weight is 392 g/mol. The van der Waals surface area contributed by atoms with E-state index >= 15 is 0 Å². The monoisotopic (exact) mass is 392 g/mol. The second-order valence-electron chi connectivity index (χ2n) is 6.71. The van der Waals surface area contributed by atoms with E-state index in [9.17, 15) is 12.8 Å². The Kier molecular flexibility index (Phi) is 6.14. The molecule has 0 bridgehead atoms. The van der Waals surface area contributed by atoms with Crippen molar-refractivity contribution in [2.24, 2.45) is 0 Å². The molecule has 2 N–H and O–H groups in total. The summed E-state index contributed by atoms with van der Waals surface area (Å²) in [7, 11) is -1.51. The molecular formula is C20H25FN2O3S. The second kappa shape index (κ2) is 8.37. The number of nitrogens with one attached hydrogen (secondary N) is 2. The van der Waals surface area contributed by atoms with Crippen LogP contribution in [0.4, 0.5) is 4.39 Å². The summed E-state index contributed by atoms with van der Waals surface area (Å²) in [5, 5.41) is 3.28. The fraction of sp³-hybridized carbons (Fsp3) is 0.400. The van der Waals surface area contributed by atoms with Gasteiger partial charge in [0.25, 0.3) is 0 Å². The van der Waals surface area contributed by atoms with E-state index in [0.29, 0.717) is 17.9 Å². The first-order valence-electron chi connectivity index (χ1n) is 9.07. The SMILES string of the molecule is CCS(=O)(=O)NCc1cc2c(cc1F)OC[C@@H](NC)[C@H]2Cc1ccccc1. The van der Waals surface area contributed by atoms with Crippen LogP contribution >= 0.6 is 0 Å². The summed E-state index contributed by atoms with van der Waals surface area (Å²) < 4.78 is 46.1. The number of rotatable bonds is 7. The van der Waals surface area contributed by atoms with E-state index in [1.807, 2.05) is 25.2 Å². The molecule has 0 saturated carbocycles. The normalized spacial score (nSPS) is 19.4. The van der Waals surface area contributed by atoms with E-state index < -0.39 is 15.8 Å². The number of halogens is 1. The first kappa shape index (κ1) is 19.8. The molecule has 27 heavy (non-hydrogen) atoms. The first-order valence-corrected chi connectivity index (χ1v) is 10.7. The summed E-state index contributed by atoms with van der Waals surface area (Å²) in [5.41, 5.74) is 2.41. The molecule has 0 radical (unpaired) electrons. The molecule has 1 aliphatic rings. The maximum absolute atomic E-state index is 14.5. The third kappa shape index (κ3) is 4.66. The lowest BCUT2D eigenvalue weighted by atomic mass is 9.83. The van der Waals surface area contributed by atoms with E-state index in [0.717, 1.165) is 12.0 Å². The van der Waals surface area contributed by atoms with Crippen LogP contribution < -0.4 is 14.8 Å². The van der Waals surface area contributed by atoms with Crippen molar-refractivity contribution >= 4 is 10.0 Å². The Morgan fingerprint density at radius 3 is 2.63 bits per heavy atom. The molecule has 2 atom stereocenters. The van der Waals surface area contributed by atoms with Crippen LogP contribution in [0, 0.1) is 5.82 Å². The Morgan fingerprint density at radius 1 is 1.22 bits per heavy atom. The summed E-state index contributed by atoms with van der Waals surface area (Å²) in [6.07, 6.45) is 0.786. The van der Waals surface area contributed by atoms with Gasteiger partial charge >= 0.3 is 0 Å². The molecule has 0 spiro atoms. The minimum absolute atomic E-state index is 0.0405. The van der Waals surface area contributed by atoms with Crippen molar-refractivity contribution in [3.8, 4) is 5.75 Å². The predicted molar refractivity (Wildman–Crippen MR) is 104 cm³/mol. The number of fused-ring (bicyclic) bond motifs is 1. The van der Waals surface area contributed by atoms with Gasteiger partial charge in [-0.25, -0.2) is 17.5 Å². The summed E-state index contributed by atoms with van der Waals surface area (Å²) >= 11 is 0. The van der Waals surface area contributed by atoms with Gasteiger partial charge in [0.1, 0.15) is 18.2 Å². The summed E-state index contributed by atoms with van der Waals surface area (Å²) in [4.78, 5) is 0. The van der Waals surface area contributed by atoms with Gasteiger partial charge in [0.05, 0.1) is 5.75 Å². The number of hydrogen-bond acceptors (Lipinski definition) is 4. The van der Waals surface area contributed by atoms with Crippen LogP contribution in [0.2, 0.25) is 0 Å². The second-order valence-corrected chi connectivity index (χ2v) is 8.80. The van der Waals surface area contributed by atoms with Gasteiger partial charge in [0, 0.05) is 30.1 Å². The van der Waals surface area contributed by atoms with Gasteiger partial charge in [-0.05, 0) is 37.6 Å². The van der Waals surface area contributed by atoms with Crippen LogP contribution in [0.3, 0.4) is 0 Å². The maximum Gasteiger partial charge on any atom is 0.211 e. The topological polar surface area (TPSA) is 67.4 Å². The number of hydrogen-bond donors (Lipinski definition) is 2.